The van der Waals surface area contributed by atoms with E-state index in [9.17, 15) is 15.8 Å². The zero-order valence-corrected chi connectivity index (χ0v) is 18.5. The summed E-state index contributed by atoms with van der Waals surface area (Å²) in [6, 6.07) is 23.0. The molecule has 4 atom stereocenters. The van der Waals surface area contributed by atoms with Gasteiger partial charge < -0.3 is 14.2 Å². The summed E-state index contributed by atoms with van der Waals surface area (Å²) in [6.07, 6.45) is 0.0990. The molecule has 7 nitrogen and oxygen atoms in total. The van der Waals surface area contributed by atoms with Crippen molar-refractivity contribution in [2.45, 2.75) is 45.2 Å². The minimum absolute atomic E-state index is 0.376. The van der Waals surface area contributed by atoms with E-state index in [1.165, 1.54) is 0 Å². The van der Waals surface area contributed by atoms with Gasteiger partial charge in [0.1, 0.15) is 18.5 Å². The molecular formula is C26H24N4O3. The summed E-state index contributed by atoms with van der Waals surface area (Å²) in [5, 5.41) is 39.3. The number of benzene rings is 2. The van der Waals surface area contributed by atoms with Gasteiger partial charge in [0.05, 0.1) is 24.1 Å². The van der Waals surface area contributed by atoms with Crippen LogP contribution < -0.4 is 4.74 Å². The SMILES string of the molecule is CCCC1C2(C)OC(=N)C1(C#N)C(C#N)(C#N)C(c1ccc(OCc3ccccc3)cc1)O2. The molecule has 2 saturated heterocycles. The molecule has 2 bridgehead atoms. The van der Waals surface area contributed by atoms with Crippen LogP contribution in [0.25, 0.3) is 0 Å². The van der Waals surface area contributed by atoms with Gasteiger partial charge in [-0.2, -0.15) is 15.8 Å². The fourth-order valence-corrected chi connectivity index (χ4v) is 5.10. The minimum Gasteiger partial charge on any atom is -0.489 e. The number of nitrogens with zero attached hydrogens (tertiary/aromatic N) is 3. The fraction of sp³-hybridized carbons (Fsp3) is 0.385. The van der Waals surface area contributed by atoms with Crippen molar-refractivity contribution in [3.05, 3.63) is 65.7 Å². The van der Waals surface area contributed by atoms with Crippen molar-refractivity contribution in [1.82, 2.24) is 0 Å². The Labute approximate surface area is 193 Å². The van der Waals surface area contributed by atoms with E-state index in [1.54, 1.807) is 31.2 Å². The molecule has 166 valence electrons. The van der Waals surface area contributed by atoms with Gasteiger partial charge in [-0.1, -0.05) is 55.8 Å². The summed E-state index contributed by atoms with van der Waals surface area (Å²) in [5.41, 5.74) is -2.10. The third-order valence-electron chi connectivity index (χ3n) is 6.72. The summed E-state index contributed by atoms with van der Waals surface area (Å²) in [4.78, 5) is 0. The molecule has 4 rings (SSSR count). The molecule has 33 heavy (non-hydrogen) atoms. The van der Waals surface area contributed by atoms with Gasteiger partial charge in [0.2, 0.25) is 17.1 Å². The largest absolute Gasteiger partial charge is 0.489 e. The van der Waals surface area contributed by atoms with Crippen molar-refractivity contribution in [3.63, 3.8) is 0 Å². The molecule has 2 heterocycles. The van der Waals surface area contributed by atoms with E-state index in [0.717, 1.165) is 5.56 Å². The van der Waals surface area contributed by atoms with Crippen molar-refractivity contribution in [3.8, 4) is 24.0 Å². The molecule has 0 aliphatic carbocycles. The first kappa shape index (κ1) is 22.3. The Balaban J connectivity index is 1.71. The Morgan fingerprint density at radius 2 is 1.67 bits per heavy atom. The van der Waals surface area contributed by atoms with Crippen LogP contribution in [0, 0.1) is 56.2 Å². The first-order valence-electron chi connectivity index (χ1n) is 10.9. The highest BCUT2D eigenvalue weighted by Crippen LogP contribution is 2.67. The summed E-state index contributed by atoms with van der Waals surface area (Å²) in [6.45, 7) is 4.03. The van der Waals surface area contributed by atoms with E-state index in [4.69, 9.17) is 19.6 Å². The molecule has 0 spiro atoms. The summed E-state index contributed by atoms with van der Waals surface area (Å²) < 4.78 is 17.9. The molecule has 4 unspecified atom stereocenters. The summed E-state index contributed by atoms with van der Waals surface area (Å²) in [5.74, 6) is -1.65. The van der Waals surface area contributed by atoms with Crippen LogP contribution in [0.4, 0.5) is 0 Å². The van der Waals surface area contributed by atoms with Gasteiger partial charge in [-0.15, -0.1) is 0 Å². The Morgan fingerprint density at radius 1 is 1.00 bits per heavy atom. The second-order valence-corrected chi connectivity index (χ2v) is 8.58. The van der Waals surface area contributed by atoms with Gasteiger partial charge in [0.15, 0.2) is 5.41 Å². The van der Waals surface area contributed by atoms with Crippen molar-refractivity contribution < 1.29 is 14.2 Å². The standard InChI is InChI=1S/C26H24N4O3/c1-3-7-21-24(2)32-22(25(15-27,16-28)26(21,17-29)23(30)33-24)19-10-12-20(13-11-19)31-14-18-8-5-4-6-9-18/h4-6,8-13,21-22,30H,3,7,14H2,1-2H3. The maximum atomic E-state index is 10.3. The maximum absolute atomic E-state index is 10.3. The predicted molar refractivity (Wildman–Crippen MR) is 118 cm³/mol. The Kier molecular flexibility index (Phi) is 5.58. The van der Waals surface area contributed by atoms with Crippen LogP contribution in [0.2, 0.25) is 0 Å². The molecule has 0 radical (unpaired) electrons. The average molecular weight is 441 g/mol. The number of hydrogen-bond donors (Lipinski definition) is 1. The lowest BCUT2D eigenvalue weighted by molar-refractivity contribution is -0.273. The molecule has 0 saturated carbocycles. The number of fused-ring (bicyclic) bond motifs is 2. The zero-order valence-electron chi connectivity index (χ0n) is 18.5. The zero-order chi connectivity index (χ0) is 23.7. The highest BCUT2D eigenvalue weighted by atomic mass is 16.7. The van der Waals surface area contributed by atoms with E-state index in [2.05, 4.69) is 18.2 Å². The van der Waals surface area contributed by atoms with Crippen molar-refractivity contribution in [1.29, 1.82) is 21.2 Å². The lowest BCUT2D eigenvalue weighted by Crippen LogP contribution is -2.58. The smallest absolute Gasteiger partial charge is 0.214 e. The van der Waals surface area contributed by atoms with E-state index >= 15 is 0 Å². The molecule has 0 aromatic heterocycles. The third-order valence-corrected chi connectivity index (χ3v) is 6.72. The lowest BCUT2D eigenvalue weighted by atomic mass is 9.53. The second-order valence-electron chi connectivity index (χ2n) is 8.58. The topological polar surface area (TPSA) is 123 Å². The van der Waals surface area contributed by atoms with Gasteiger partial charge in [-0.3, -0.25) is 5.41 Å². The lowest BCUT2D eigenvalue weighted by Gasteiger charge is -2.48. The summed E-state index contributed by atoms with van der Waals surface area (Å²) >= 11 is 0. The highest BCUT2D eigenvalue weighted by Gasteiger charge is 2.78. The van der Waals surface area contributed by atoms with Gasteiger partial charge in [-0.25, -0.2) is 0 Å². The Morgan fingerprint density at radius 3 is 2.24 bits per heavy atom. The number of nitrogens with one attached hydrogen (secondary N) is 1. The van der Waals surface area contributed by atoms with Gasteiger partial charge >= 0.3 is 0 Å². The molecule has 2 aromatic carbocycles. The second kappa shape index (κ2) is 8.24. The molecule has 0 amide bonds. The van der Waals surface area contributed by atoms with E-state index in [1.807, 2.05) is 37.3 Å². The first-order valence-corrected chi connectivity index (χ1v) is 10.9. The number of nitriles is 3. The molecule has 1 N–H and O–H groups in total. The van der Waals surface area contributed by atoms with Crippen molar-refractivity contribution >= 4 is 5.90 Å². The van der Waals surface area contributed by atoms with Crippen LogP contribution in [0.15, 0.2) is 54.6 Å². The number of hydrogen-bond acceptors (Lipinski definition) is 7. The monoisotopic (exact) mass is 440 g/mol. The third kappa shape index (κ3) is 3.15. The van der Waals surface area contributed by atoms with Crippen LogP contribution in [0.5, 0.6) is 5.75 Å². The molecule has 2 aromatic rings. The fourth-order valence-electron chi connectivity index (χ4n) is 5.10. The Bertz CT molecular complexity index is 1160. The van der Waals surface area contributed by atoms with Crippen LogP contribution in [0.1, 0.15) is 43.9 Å². The van der Waals surface area contributed by atoms with Gasteiger partial charge in [0, 0.05) is 6.92 Å². The van der Waals surface area contributed by atoms with Crippen LogP contribution in [-0.2, 0) is 16.1 Å². The number of rotatable bonds is 6. The predicted octanol–water partition coefficient (Wildman–Crippen LogP) is 5.02. The normalized spacial score (nSPS) is 29.2. The first-order chi connectivity index (χ1) is 15.9. The molecule has 2 aliphatic heterocycles. The molecule has 2 fully saturated rings. The van der Waals surface area contributed by atoms with E-state index in [-0.39, 0.29) is 5.90 Å². The quantitative estimate of drug-likeness (QED) is 0.673. The van der Waals surface area contributed by atoms with Gasteiger partial charge in [-0.05, 0) is 29.7 Å². The highest BCUT2D eigenvalue weighted by molar-refractivity contribution is 5.89. The van der Waals surface area contributed by atoms with Crippen LogP contribution >= 0.6 is 0 Å². The van der Waals surface area contributed by atoms with E-state index in [0.29, 0.717) is 30.8 Å². The maximum Gasteiger partial charge on any atom is 0.214 e. The molecular weight excluding hydrogens is 416 g/mol. The van der Waals surface area contributed by atoms with Crippen molar-refractivity contribution in [2.24, 2.45) is 16.7 Å². The van der Waals surface area contributed by atoms with Crippen molar-refractivity contribution in [2.75, 3.05) is 0 Å². The van der Waals surface area contributed by atoms with Crippen LogP contribution in [0.3, 0.4) is 0 Å². The van der Waals surface area contributed by atoms with E-state index < -0.39 is 28.6 Å². The summed E-state index contributed by atoms with van der Waals surface area (Å²) in [7, 11) is 0. The van der Waals surface area contributed by atoms with Gasteiger partial charge in [0.25, 0.3) is 0 Å². The Hall–Kier alpha value is -3.86. The van der Waals surface area contributed by atoms with Crippen LogP contribution in [-0.4, -0.2) is 11.7 Å². The average Bonchev–Trinajstić information content (AvgIpc) is 3.00. The number of ether oxygens (including phenoxy) is 3. The minimum atomic E-state index is -1.94. The molecule has 7 heteroatoms. The molecule has 2 aliphatic rings.